The van der Waals surface area contributed by atoms with E-state index in [0.29, 0.717) is 12.8 Å². The van der Waals surface area contributed by atoms with Gasteiger partial charge >= 0.3 is 0 Å². The number of ketones is 1. The van der Waals surface area contributed by atoms with Crippen LogP contribution in [-0.4, -0.2) is 17.0 Å². The fraction of sp³-hybridized carbons (Fsp3) is 0.364. The van der Waals surface area contributed by atoms with Gasteiger partial charge in [-0.25, -0.2) is 0 Å². The summed E-state index contributed by atoms with van der Waals surface area (Å²) in [6.45, 7) is 0. The highest BCUT2D eigenvalue weighted by Gasteiger charge is 2.37. The fourth-order valence-corrected chi connectivity index (χ4v) is 1.67. The molecule has 13 heavy (non-hydrogen) atoms. The van der Waals surface area contributed by atoms with Crippen molar-refractivity contribution >= 4 is 5.78 Å². The van der Waals surface area contributed by atoms with E-state index in [9.17, 15) is 9.90 Å². The Morgan fingerprint density at radius 3 is 2.54 bits per heavy atom. The number of hydrogen-bond acceptors (Lipinski definition) is 2. The lowest BCUT2D eigenvalue weighted by Gasteiger charge is -2.30. The Morgan fingerprint density at radius 2 is 2.00 bits per heavy atom. The van der Waals surface area contributed by atoms with Crippen LogP contribution < -0.4 is 0 Å². The summed E-state index contributed by atoms with van der Waals surface area (Å²) in [5.41, 5.74) is 1.12. The fourth-order valence-electron chi connectivity index (χ4n) is 1.67. The minimum Gasteiger partial charge on any atom is -0.392 e. The summed E-state index contributed by atoms with van der Waals surface area (Å²) in [7, 11) is 0. The molecule has 0 bridgehead atoms. The molecular weight excluding hydrogens is 164 g/mol. The Morgan fingerprint density at radius 1 is 1.31 bits per heavy atom. The Bertz CT molecular complexity index is 305. The third-order valence-electron chi connectivity index (χ3n) is 2.59. The standard InChI is InChI=1S/C11H12O2/c12-10-7-11(13)9(10)6-8-4-2-1-3-5-8/h1-5,9-10,12H,6-7H2. The maximum Gasteiger partial charge on any atom is 0.141 e. The van der Waals surface area contributed by atoms with Crippen molar-refractivity contribution in [2.24, 2.45) is 5.92 Å². The Balaban J connectivity index is 2.02. The highest BCUT2D eigenvalue weighted by atomic mass is 16.3. The van der Waals surface area contributed by atoms with E-state index in [4.69, 9.17) is 0 Å². The summed E-state index contributed by atoms with van der Waals surface area (Å²) in [4.78, 5) is 11.1. The number of carbonyl (C=O) groups excluding carboxylic acids is 1. The Kier molecular flexibility index (Phi) is 2.15. The van der Waals surface area contributed by atoms with Crippen LogP contribution in [0.3, 0.4) is 0 Å². The van der Waals surface area contributed by atoms with Crippen molar-refractivity contribution in [3.8, 4) is 0 Å². The maximum atomic E-state index is 11.1. The molecule has 1 saturated carbocycles. The zero-order valence-electron chi connectivity index (χ0n) is 7.31. The van der Waals surface area contributed by atoms with E-state index in [0.717, 1.165) is 5.56 Å². The van der Waals surface area contributed by atoms with E-state index in [2.05, 4.69) is 0 Å². The Hall–Kier alpha value is -1.15. The van der Waals surface area contributed by atoms with E-state index in [1.165, 1.54) is 0 Å². The molecule has 0 spiro atoms. The van der Waals surface area contributed by atoms with Crippen LogP contribution in [0, 0.1) is 5.92 Å². The molecule has 2 unspecified atom stereocenters. The molecule has 0 heterocycles. The van der Waals surface area contributed by atoms with E-state index in [1.807, 2.05) is 30.3 Å². The smallest absolute Gasteiger partial charge is 0.141 e. The zero-order chi connectivity index (χ0) is 9.26. The van der Waals surface area contributed by atoms with Crippen LogP contribution in [0.1, 0.15) is 12.0 Å². The average Bonchev–Trinajstić information content (AvgIpc) is 2.16. The average molecular weight is 176 g/mol. The molecule has 2 heteroatoms. The van der Waals surface area contributed by atoms with Crippen LogP contribution in [0.15, 0.2) is 30.3 Å². The van der Waals surface area contributed by atoms with Gasteiger partial charge in [0, 0.05) is 12.3 Å². The van der Waals surface area contributed by atoms with Crippen LogP contribution in [0.25, 0.3) is 0 Å². The van der Waals surface area contributed by atoms with Gasteiger partial charge in [-0.2, -0.15) is 0 Å². The molecule has 0 aromatic heterocycles. The quantitative estimate of drug-likeness (QED) is 0.734. The number of hydrogen-bond donors (Lipinski definition) is 1. The molecule has 1 aromatic carbocycles. The predicted molar refractivity (Wildman–Crippen MR) is 49.3 cm³/mol. The van der Waals surface area contributed by atoms with Gasteiger partial charge in [0.2, 0.25) is 0 Å². The van der Waals surface area contributed by atoms with Gasteiger partial charge in [-0.05, 0) is 12.0 Å². The summed E-state index contributed by atoms with van der Waals surface area (Å²) < 4.78 is 0. The van der Waals surface area contributed by atoms with Crippen molar-refractivity contribution in [1.29, 1.82) is 0 Å². The molecule has 1 aliphatic carbocycles. The summed E-state index contributed by atoms with van der Waals surface area (Å²) in [6.07, 6.45) is 0.617. The predicted octanol–water partition coefficient (Wildman–Crippen LogP) is 1.18. The van der Waals surface area contributed by atoms with E-state index in [-0.39, 0.29) is 11.7 Å². The summed E-state index contributed by atoms with van der Waals surface area (Å²) in [6, 6.07) is 9.81. The number of aliphatic hydroxyl groups is 1. The first-order chi connectivity index (χ1) is 6.27. The van der Waals surface area contributed by atoms with Crippen LogP contribution in [0.2, 0.25) is 0 Å². The first kappa shape index (κ1) is 8.45. The number of Topliss-reactive ketones (excluding diaryl/α,β-unsaturated/α-hetero) is 1. The van der Waals surface area contributed by atoms with Crippen LogP contribution >= 0.6 is 0 Å². The molecular formula is C11H12O2. The van der Waals surface area contributed by atoms with Crippen molar-refractivity contribution in [3.63, 3.8) is 0 Å². The molecule has 1 aromatic rings. The van der Waals surface area contributed by atoms with Gasteiger partial charge in [0.1, 0.15) is 5.78 Å². The molecule has 0 saturated heterocycles. The topological polar surface area (TPSA) is 37.3 Å². The molecule has 2 rings (SSSR count). The van der Waals surface area contributed by atoms with Gasteiger partial charge in [0.15, 0.2) is 0 Å². The summed E-state index contributed by atoms with van der Waals surface area (Å²) in [5.74, 6) is 0.0405. The number of carbonyl (C=O) groups is 1. The molecule has 1 aliphatic rings. The first-order valence-electron chi connectivity index (χ1n) is 4.52. The molecule has 68 valence electrons. The minimum absolute atomic E-state index is 0.151. The minimum atomic E-state index is -0.410. The lowest BCUT2D eigenvalue weighted by molar-refractivity contribution is -0.139. The van der Waals surface area contributed by atoms with E-state index < -0.39 is 6.10 Å². The Labute approximate surface area is 77.2 Å². The van der Waals surface area contributed by atoms with Gasteiger partial charge in [0.05, 0.1) is 6.10 Å². The monoisotopic (exact) mass is 176 g/mol. The zero-order valence-corrected chi connectivity index (χ0v) is 7.31. The van der Waals surface area contributed by atoms with Crippen LogP contribution in [0.4, 0.5) is 0 Å². The van der Waals surface area contributed by atoms with Gasteiger partial charge in [0.25, 0.3) is 0 Å². The molecule has 2 atom stereocenters. The highest BCUT2D eigenvalue weighted by Crippen LogP contribution is 2.26. The van der Waals surface area contributed by atoms with Crippen LogP contribution in [0.5, 0.6) is 0 Å². The van der Waals surface area contributed by atoms with Gasteiger partial charge in [-0.1, -0.05) is 30.3 Å². The lowest BCUT2D eigenvalue weighted by atomic mass is 9.77. The van der Waals surface area contributed by atoms with Crippen molar-refractivity contribution in [3.05, 3.63) is 35.9 Å². The molecule has 0 aliphatic heterocycles. The number of aliphatic hydroxyl groups excluding tert-OH is 1. The van der Waals surface area contributed by atoms with E-state index in [1.54, 1.807) is 0 Å². The molecule has 0 radical (unpaired) electrons. The first-order valence-corrected chi connectivity index (χ1v) is 4.52. The molecule has 1 fully saturated rings. The largest absolute Gasteiger partial charge is 0.392 e. The molecule has 2 nitrogen and oxygen atoms in total. The summed E-state index contributed by atoms with van der Waals surface area (Å²) in [5, 5.41) is 9.32. The van der Waals surface area contributed by atoms with Crippen molar-refractivity contribution in [2.45, 2.75) is 18.9 Å². The van der Waals surface area contributed by atoms with Crippen molar-refractivity contribution in [2.75, 3.05) is 0 Å². The summed E-state index contributed by atoms with van der Waals surface area (Å²) >= 11 is 0. The third kappa shape index (κ3) is 1.63. The number of rotatable bonds is 2. The highest BCUT2D eigenvalue weighted by molar-refractivity contribution is 5.88. The third-order valence-corrected chi connectivity index (χ3v) is 2.59. The van der Waals surface area contributed by atoms with Gasteiger partial charge in [-0.15, -0.1) is 0 Å². The van der Waals surface area contributed by atoms with E-state index >= 15 is 0 Å². The second-order valence-electron chi connectivity index (χ2n) is 3.53. The lowest BCUT2D eigenvalue weighted by Crippen LogP contribution is -2.42. The second-order valence-corrected chi connectivity index (χ2v) is 3.53. The van der Waals surface area contributed by atoms with Gasteiger partial charge in [-0.3, -0.25) is 4.79 Å². The normalized spacial score (nSPS) is 27.0. The molecule has 1 N–H and O–H groups in total. The van der Waals surface area contributed by atoms with Crippen molar-refractivity contribution in [1.82, 2.24) is 0 Å². The SMILES string of the molecule is O=C1CC(O)C1Cc1ccccc1. The number of benzene rings is 1. The maximum absolute atomic E-state index is 11.1. The molecule has 0 amide bonds. The van der Waals surface area contributed by atoms with Crippen LogP contribution in [-0.2, 0) is 11.2 Å². The van der Waals surface area contributed by atoms with Crippen molar-refractivity contribution < 1.29 is 9.90 Å². The van der Waals surface area contributed by atoms with Gasteiger partial charge < -0.3 is 5.11 Å². The second kappa shape index (κ2) is 3.30.